The van der Waals surface area contributed by atoms with Gasteiger partial charge in [0, 0.05) is 18.1 Å². The molecule has 1 saturated heterocycles. The molecule has 0 aliphatic carbocycles. The molecular weight excluding hydrogens is 446 g/mol. The summed E-state index contributed by atoms with van der Waals surface area (Å²) in [6.45, 7) is 7.03. The van der Waals surface area contributed by atoms with Crippen LogP contribution in [0.15, 0.2) is 42.5 Å². The Balaban J connectivity index is 1.80. The van der Waals surface area contributed by atoms with Gasteiger partial charge in [-0.2, -0.15) is 0 Å². The number of carbonyl (C=O) groups excluding carboxylic acids is 1. The van der Waals surface area contributed by atoms with Crippen molar-refractivity contribution in [1.29, 1.82) is 0 Å². The molecule has 0 aromatic heterocycles. The molecule has 1 fully saturated rings. The SMILES string of the molecule is CC[C@H](C(=O)NCc1ccccc1CN1CCCC1)N(c1cc(Cl)ccc1C)S(C)(=O)=O. The van der Waals surface area contributed by atoms with E-state index in [1.807, 2.05) is 32.0 Å². The van der Waals surface area contributed by atoms with Crippen molar-refractivity contribution in [3.8, 4) is 0 Å². The molecule has 1 aliphatic rings. The van der Waals surface area contributed by atoms with Crippen molar-refractivity contribution in [3.05, 3.63) is 64.2 Å². The largest absolute Gasteiger partial charge is 0.350 e. The van der Waals surface area contributed by atoms with Crippen molar-refractivity contribution in [3.63, 3.8) is 0 Å². The highest BCUT2D eigenvalue weighted by molar-refractivity contribution is 7.92. The molecule has 0 radical (unpaired) electrons. The van der Waals surface area contributed by atoms with Crippen molar-refractivity contribution >= 4 is 33.2 Å². The first-order valence-corrected chi connectivity index (χ1v) is 13.3. The lowest BCUT2D eigenvalue weighted by Crippen LogP contribution is -2.49. The lowest BCUT2D eigenvalue weighted by Gasteiger charge is -2.31. The topological polar surface area (TPSA) is 69.7 Å². The number of aryl methyl sites for hydroxylation is 1. The van der Waals surface area contributed by atoms with Crippen LogP contribution >= 0.6 is 11.6 Å². The zero-order valence-corrected chi connectivity index (χ0v) is 20.5. The smallest absolute Gasteiger partial charge is 0.244 e. The van der Waals surface area contributed by atoms with Gasteiger partial charge in [-0.15, -0.1) is 0 Å². The fourth-order valence-corrected chi connectivity index (χ4v) is 5.65. The van der Waals surface area contributed by atoms with Gasteiger partial charge >= 0.3 is 0 Å². The first kappa shape index (κ1) is 24.6. The highest BCUT2D eigenvalue weighted by Gasteiger charge is 2.32. The molecule has 8 heteroatoms. The zero-order valence-electron chi connectivity index (χ0n) is 19.0. The predicted molar refractivity (Wildman–Crippen MR) is 130 cm³/mol. The fourth-order valence-electron chi connectivity index (χ4n) is 4.22. The van der Waals surface area contributed by atoms with Crippen LogP contribution < -0.4 is 9.62 Å². The fraction of sp³-hybridized carbons (Fsp3) is 0.458. The molecule has 2 aromatic carbocycles. The van der Waals surface area contributed by atoms with Crippen LogP contribution in [0.2, 0.25) is 5.02 Å². The molecule has 1 N–H and O–H groups in total. The van der Waals surface area contributed by atoms with Gasteiger partial charge in [0.1, 0.15) is 6.04 Å². The van der Waals surface area contributed by atoms with Gasteiger partial charge in [-0.05, 0) is 68.1 Å². The van der Waals surface area contributed by atoms with E-state index < -0.39 is 16.1 Å². The Labute approximate surface area is 196 Å². The Bertz CT molecular complexity index is 1050. The molecule has 32 heavy (non-hydrogen) atoms. The number of hydrogen-bond acceptors (Lipinski definition) is 4. The quantitative estimate of drug-likeness (QED) is 0.590. The van der Waals surface area contributed by atoms with E-state index in [1.54, 1.807) is 18.2 Å². The first-order valence-electron chi connectivity index (χ1n) is 11.0. The second-order valence-corrected chi connectivity index (χ2v) is 10.7. The number of sulfonamides is 1. The number of nitrogens with zero attached hydrogens (tertiary/aromatic N) is 2. The molecule has 6 nitrogen and oxygen atoms in total. The lowest BCUT2D eigenvalue weighted by atomic mass is 10.1. The van der Waals surface area contributed by atoms with Crippen LogP contribution in [0.4, 0.5) is 5.69 Å². The minimum absolute atomic E-state index is 0.326. The Morgan fingerprint density at radius 3 is 2.44 bits per heavy atom. The van der Waals surface area contributed by atoms with E-state index in [4.69, 9.17) is 11.6 Å². The van der Waals surface area contributed by atoms with Crippen LogP contribution in [0, 0.1) is 6.92 Å². The molecule has 1 heterocycles. The molecule has 0 bridgehead atoms. The van der Waals surface area contributed by atoms with Crippen molar-refractivity contribution < 1.29 is 13.2 Å². The van der Waals surface area contributed by atoms with Crippen LogP contribution in [-0.4, -0.2) is 44.6 Å². The number of rotatable bonds is 9. The third-order valence-electron chi connectivity index (χ3n) is 5.90. The Morgan fingerprint density at radius 1 is 1.16 bits per heavy atom. The highest BCUT2D eigenvalue weighted by atomic mass is 35.5. The van der Waals surface area contributed by atoms with Crippen molar-refractivity contribution in [2.24, 2.45) is 0 Å². The number of halogens is 1. The maximum atomic E-state index is 13.2. The summed E-state index contributed by atoms with van der Waals surface area (Å²) >= 11 is 6.14. The second-order valence-electron chi connectivity index (χ2n) is 8.38. The standard InChI is InChI=1S/C24H32ClN3O3S/c1-4-22(28(32(3,30)31)23-15-21(25)12-11-18(23)2)24(29)26-16-19-9-5-6-10-20(19)17-27-13-7-8-14-27/h5-6,9-12,15,22H,4,7-8,13-14,16-17H2,1-3H3,(H,26,29)/t22-/m1/s1. The summed E-state index contributed by atoms with van der Waals surface area (Å²) in [5, 5.41) is 3.40. The number of hydrogen-bond donors (Lipinski definition) is 1. The van der Waals surface area contributed by atoms with E-state index in [0.29, 0.717) is 23.7 Å². The lowest BCUT2D eigenvalue weighted by molar-refractivity contribution is -0.122. The molecule has 1 atom stereocenters. The van der Waals surface area contributed by atoms with E-state index in [-0.39, 0.29) is 5.91 Å². The van der Waals surface area contributed by atoms with Gasteiger partial charge in [0.05, 0.1) is 11.9 Å². The monoisotopic (exact) mass is 477 g/mol. The molecule has 3 rings (SSSR count). The van der Waals surface area contributed by atoms with Crippen molar-refractivity contribution in [2.45, 2.75) is 52.2 Å². The van der Waals surface area contributed by atoms with Gasteiger partial charge in [-0.3, -0.25) is 14.0 Å². The van der Waals surface area contributed by atoms with Gasteiger partial charge in [0.15, 0.2) is 0 Å². The summed E-state index contributed by atoms with van der Waals surface area (Å²) in [4.78, 5) is 15.6. The molecule has 0 saturated carbocycles. The second kappa shape index (κ2) is 10.7. The van der Waals surface area contributed by atoms with Crippen LogP contribution in [0.5, 0.6) is 0 Å². The normalized spacial score (nSPS) is 15.5. The highest BCUT2D eigenvalue weighted by Crippen LogP contribution is 2.29. The van der Waals surface area contributed by atoms with E-state index in [9.17, 15) is 13.2 Å². The molecule has 1 amide bonds. The summed E-state index contributed by atoms with van der Waals surface area (Å²) < 4.78 is 26.6. The van der Waals surface area contributed by atoms with Crippen LogP contribution in [0.25, 0.3) is 0 Å². The molecular formula is C24H32ClN3O3S. The Hall–Kier alpha value is -2.09. The minimum Gasteiger partial charge on any atom is -0.350 e. The molecule has 1 aliphatic heterocycles. The number of anilines is 1. The number of likely N-dealkylation sites (tertiary alicyclic amines) is 1. The average molecular weight is 478 g/mol. The summed E-state index contributed by atoms with van der Waals surface area (Å²) in [6.07, 6.45) is 3.90. The third-order valence-corrected chi connectivity index (χ3v) is 7.30. The Kier molecular flexibility index (Phi) is 8.20. The predicted octanol–water partition coefficient (Wildman–Crippen LogP) is 4.11. The van der Waals surface area contributed by atoms with Gasteiger partial charge in [0.2, 0.25) is 15.9 Å². The van der Waals surface area contributed by atoms with E-state index in [2.05, 4.69) is 16.3 Å². The molecule has 174 valence electrons. The number of amides is 1. The third kappa shape index (κ3) is 6.03. The summed E-state index contributed by atoms with van der Waals surface area (Å²) in [5.41, 5.74) is 3.40. The first-order chi connectivity index (χ1) is 15.2. The van der Waals surface area contributed by atoms with Gasteiger partial charge < -0.3 is 5.32 Å². The van der Waals surface area contributed by atoms with Gasteiger partial charge in [-0.25, -0.2) is 8.42 Å². The van der Waals surface area contributed by atoms with Gasteiger partial charge in [-0.1, -0.05) is 48.9 Å². The van der Waals surface area contributed by atoms with Crippen LogP contribution in [0.3, 0.4) is 0 Å². The number of benzene rings is 2. The summed E-state index contributed by atoms with van der Waals surface area (Å²) in [5.74, 6) is -0.326. The van der Waals surface area contributed by atoms with Crippen LogP contribution in [-0.2, 0) is 27.9 Å². The van der Waals surface area contributed by atoms with Crippen molar-refractivity contribution in [1.82, 2.24) is 10.2 Å². The van der Waals surface area contributed by atoms with E-state index in [1.165, 1.54) is 22.7 Å². The maximum absolute atomic E-state index is 13.2. The average Bonchev–Trinajstić information content (AvgIpc) is 3.25. The maximum Gasteiger partial charge on any atom is 0.244 e. The number of nitrogens with one attached hydrogen (secondary N) is 1. The van der Waals surface area contributed by atoms with Crippen molar-refractivity contribution in [2.75, 3.05) is 23.7 Å². The molecule has 0 unspecified atom stereocenters. The Morgan fingerprint density at radius 2 is 1.81 bits per heavy atom. The van der Waals surface area contributed by atoms with Gasteiger partial charge in [0.25, 0.3) is 0 Å². The summed E-state index contributed by atoms with van der Waals surface area (Å²) in [7, 11) is -3.71. The number of carbonyl (C=O) groups is 1. The molecule has 0 spiro atoms. The summed E-state index contributed by atoms with van der Waals surface area (Å²) in [6, 6.07) is 12.3. The van der Waals surface area contributed by atoms with E-state index in [0.717, 1.165) is 37.0 Å². The zero-order chi connectivity index (χ0) is 23.3. The molecule has 2 aromatic rings. The van der Waals surface area contributed by atoms with Crippen LogP contribution in [0.1, 0.15) is 42.9 Å². The van der Waals surface area contributed by atoms with E-state index >= 15 is 0 Å². The minimum atomic E-state index is -3.71.